The van der Waals surface area contributed by atoms with Crippen molar-refractivity contribution in [3.8, 4) is 0 Å². The fourth-order valence-corrected chi connectivity index (χ4v) is 3.10. The van der Waals surface area contributed by atoms with E-state index in [4.69, 9.17) is 0 Å². The van der Waals surface area contributed by atoms with Gasteiger partial charge in [-0.05, 0) is 59.6 Å². The Hall–Kier alpha value is -2.90. The molecule has 0 bridgehead atoms. The highest BCUT2D eigenvalue weighted by Gasteiger charge is 2.03. The molecule has 1 aromatic carbocycles. The molecule has 0 fully saturated rings. The molecule has 166 valence electrons. The molecule has 3 aromatic rings. The highest BCUT2D eigenvalue weighted by molar-refractivity contribution is 5.72. The molecule has 2 aromatic heterocycles. The molecule has 0 amide bonds. The van der Waals surface area contributed by atoms with Crippen molar-refractivity contribution in [2.24, 2.45) is 5.92 Å². The largest absolute Gasteiger partial charge is 0.236 e. The predicted octanol–water partition coefficient (Wildman–Crippen LogP) is 8.20. The second kappa shape index (κ2) is 13.4. The molecule has 0 unspecified atom stereocenters. The van der Waals surface area contributed by atoms with Crippen molar-refractivity contribution in [3.05, 3.63) is 83.5 Å². The number of aromatic nitrogens is 3. The summed E-state index contributed by atoms with van der Waals surface area (Å²) in [6.07, 6.45) is 6.58. The summed E-state index contributed by atoms with van der Waals surface area (Å²) >= 11 is 0. The minimum Gasteiger partial charge on any atom is -0.236 e. The summed E-state index contributed by atoms with van der Waals surface area (Å²) in [6, 6.07) is 12.3. The van der Waals surface area contributed by atoms with Crippen molar-refractivity contribution in [3.63, 3.8) is 0 Å². The Kier molecular flexibility index (Phi) is 11.3. The second-order valence-electron chi connectivity index (χ2n) is 7.72. The Labute approximate surface area is 189 Å². The zero-order valence-corrected chi connectivity index (χ0v) is 20.6. The maximum Gasteiger partial charge on any atom is 0.153 e. The van der Waals surface area contributed by atoms with E-state index in [-0.39, 0.29) is 0 Å². The summed E-state index contributed by atoms with van der Waals surface area (Å²) in [4.78, 5) is 4.12. The Morgan fingerprint density at radius 1 is 1.10 bits per heavy atom. The highest BCUT2D eigenvalue weighted by atomic mass is 15.2. The van der Waals surface area contributed by atoms with Gasteiger partial charge in [-0.15, -0.1) is 5.73 Å². The number of imidazole rings is 1. The normalized spacial score (nSPS) is 10.0. The molecule has 31 heavy (non-hydrogen) atoms. The molecule has 0 spiro atoms. The third-order valence-corrected chi connectivity index (χ3v) is 4.88. The summed E-state index contributed by atoms with van der Waals surface area (Å²) in [7, 11) is 0. The van der Waals surface area contributed by atoms with Gasteiger partial charge in [-0.2, -0.15) is 5.10 Å². The van der Waals surface area contributed by atoms with Gasteiger partial charge in [0.1, 0.15) is 0 Å². The van der Waals surface area contributed by atoms with E-state index in [2.05, 4.69) is 82.1 Å². The van der Waals surface area contributed by atoms with Gasteiger partial charge in [0.25, 0.3) is 0 Å². The number of hydrogen-bond donors (Lipinski definition) is 0. The molecule has 2 heterocycles. The molecule has 3 nitrogen and oxygen atoms in total. The van der Waals surface area contributed by atoms with Crippen molar-refractivity contribution in [2.45, 2.75) is 67.7 Å². The van der Waals surface area contributed by atoms with Gasteiger partial charge >= 0.3 is 0 Å². The lowest BCUT2D eigenvalue weighted by atomic mass is 9.97. The lowest BCUT2D eigenvalue weighted by Gasteiger charge is -2.08. The number of nitrogens with zero attached hydrogens (tertiary/aromatic N) is 3. The van der Waals surface area contributed by atoms with E-state index in [1.54, 1.807) is 10.7 Å². The Morgan fingerprint density at radius 3 is 2.35 bits per heavy atom. The van der Waals surface area contributed by atoms with Gasteiger partial charge < -0.3 is 0 Å². The van der Waals surface area contributed by atoms with Gasteiger partial charge in [-0.25, -0.2) is 9.50 Å². The first-order valence-electron chi connectivity index (χ1n) is 11.4. The van der Waals surface area contributed by atoms with E-state index < -0.39 is 0 Å². The maximum absolute atomic E-state index is 4.39. The minimum atomic E-state index is 0.469. The van der Waals surface area contributed by atoms with Crippen molar-refractivity contribution < 1.29 is 0 Å². The first-order valence-corrected chi connectivity index (χ1v) is 11.4. The smallest absolute Gasteiger partial charge is 0.153 e. The monoisotopic (exact) mass is 417 g/mol. The van der Waals surface area contributed by atoms with Crippen LogP contribution in [0.1, 0.15) is 84.5 Å². The summed E-state index contributed by atoms with van der Waals surface area (Å²) in [5.41, 5.74) is 10.5. The van der Waals surface area contributed by atoms with Gasteiger partial charge in [0.2, 0.25) is 0 Å². The van der Waals surface area contributed by atoms with Crippen LogP contribution in [0.2, 0.25) is 0 Å². The van der Waals surface area contributed by atoms with Crippen molar-refractivity contribution in [2.75, 3.05) is 0 Å². The number of allylic oxidation sites excluding steroid dienone is 1. The fraction of sp³-hybridized carbons (Fsp3) is 0.393. The lowest BCUT2D eigenvalue weighted by molar-refractivity contribution is 0.734. The van der Waals surface area contributed by atoms with Gasteiger partial charge in [0.15, 0.2) is 5.65 Å². The highest BCUT2D eigenvalue weighted by Crippen LogP contribution is 2.21. The van der Waals surface area contributed by atoms with E-state index in [1.807, 2.05) is 44.3 Å². The summed E-state index contributed by atoms with van der Waals surface area (Å²) in [5, 5.41) is 4.39. The third kappa shape index (κ3) is 7.70. The predicted molar refractivity (Wildman–Crippen MR) is 136 cm³/mol. The quantitative estimate of drug-likeness (QED) is 0.392. The van der Waals surface area contributed by atoms with Crippen LogP contribution in [-0.4, -0.2) is 14.6 Å². The first kappa shape index (κ1) is 26.1. The van der Waals surface area contributed by atoms with Gasteiger partial charge in [-0.1, -0.05) is 85.4 Å². The lowest BCUT2D eigenvalue weighted by Crippen LogP contribution is -1.98. The molecule has 0 N–H and O–H groups in total. The van der Waals surface area contributed by atoms with Crippen LogP contribution in [0.15, 0.2) is 66.7 Å². The molecule has 0 radical (unpaired) electrons. The summed E-state index contributed by atoms with van der Waals surface area (Å²) < 4.78 is 1.80. The second-order valence-corrected chi connectivity index (χ2v) is 7.72. The molecular formula is C28H39N3. The number of benzene rings is 1. The molecule has 3 heteroatoms. The van der Waals surface area contributed by atoms with Crippen LogP contribution in [0.5, 0.6) is 0 Å². The SMILES string of the molecule is C=Cc1ccccc1C(C)=C=C(CC)C(C)C.CC.CC(C)c1ccc2nccn2n1. The van der Waals surface area contributed by atoms with Crippen molar-refractivity contribution >= 4 is 17.3 Å². The van der Waals surface area contributed by atoms with Gasteiger partial charge in [-0.3, -0.25) is 0 Å². The van der Waals surface area contributed by atoms with E-state index in [0.717, 1.165) is 17.8 Å². The van der Waals surface area contributed by atoms with Crippen LogP contribution >= 0.6 is 0 Å². The zero-order chi connectivity index (χ0) is 23.4. The number of rotatable bonds is 5. The topological polar surface area (TPSA) is 30.2 Å². The average molecular weight is 418 g/mol. The average Bonchev–Trinajstić information content (AvgIpc) is 3.26. The van der Waals surface area contributed by atoms with E-state index in [0.29, 0.717) is 11.8 Å². The van der Waals surface area contributed by atoms with E-state index in [1.165, 1.54) is 22.3 Å². The van der Waals surface area contributed by atoms with Crippen LogP contribution in [0.25, 0.3) is 17.3 Å². The Bertz CT molecular complexity index is 1020. The third-order valence-electron chi connectivity index (χ3n) is 4.88. The number of fused-ring (bicyclic) bond motifs is 1. The van der Waals surface area contributed by atoms with Crippen molar-refractivity contribution in [1.82, 2.24) is 14.6 Å². The molecule has 0 atom stereocenters. The zero-order valence-electron chi connectivity index (χ0n) is 20.6. The standard InChI is InChI=1S/C17H22.C9H11N3.C2H6/c1-6-15-10-8-9-11-17(15)14(5)12-16(7-2)13(3)4;1-7(2)8-3-4-9-10-5-6-12(9)11-8;1-2/h6,8-11,13H,1,7H2,2-5H3;3-7H,1-2H3;1-2H3. The van der Waals surface area contributed by atoms with Crippen LogP contribution in [0.4, 0.5) is 0 Å². The van der Waals surface area contributed by atoms with Crippen LogP contribution < -0.4 is 0 Å². The molecule has 0 saturated carbocycles. The number of hydrogen-bond acceptors (Lipinski definition) is 2. The van der Waals surface area contributed by atoms with E-state index in [9.17, 15) is 0 Å². The molecule has 0 aliphatic rings. The van der Waals surface area contributed by atoms with Gasteiger partial charge in [0, 0.05) is 12.4 Å². The molecule has 0 saturated heterocycles. The summed E-state index contributed by atoms with van der Waals surface area (Å²) in [5.74, 6) is 1.03. The Balaban J connectivity index is 0.000000300. The molecule has 0 aliphatic carbocycles. The molecule has 0 aliphatic heterocycles. The Morgan fingerprint density at radius 2 is 1.77 bits per heavy atom. The fourth-order valence-electron chi connectivity index (χ4n) is 3.10. The van der Waals surface area contributed by atoms with Crippen LogP contribution in [-0.2, 0) is 0 Å². The van der Waals surface area contributed by atoms with Crippen LogP contribution in [0, 0.1) is 5.92 Å². The first-order chi connectivity index (χ1) is 14.9. The molecule has 3 rings (SSSR count). The van der Waals surface area contributed by atoms with Gasteiger partial charge in [0.05, 0.1) is 5.69 Å². The maximum atomic E-state index is 4.39. The minimum absolute atomic E-state index is 0.469. The van der Waals surface area contributed by atoms with Crippen LogP contribution in [0.3, 0.4) is 0 Å². The van der Waals surface area contributed by atoms with E-state index >= 15 is 0 Å². The van der Waals surface area contributed by atoms with Crippen molar-refractivity contribution in [1.29, 1.82) is 0 Å². The molecular weight excluding hydrogens is 378 g/mol. The summed E-state index contributed by atoms with van der Waals surface area (Å²) in [6.45, 7) is 20.9.